The first kappa shape index (κ1) is 17.5. The van der Waals surface area contributed by atoms with Gasteiger partial charge in [-0.3, -0.25) is 9.78 Å². The summed E-state index contributed by atoms with van der Waals surface area (Å²) < 4.78 is 18.5. The standard InChI is InChI=1S/C22H21FN2O2/c1-27-20-4-2-3-18-19(9-12-24-21(18)20)25-13-10-16(11-14-25)22(26)15-5-7-17(23)8-6-15/h2-9,12,16H,10-11,13-14H2,1H3. The van der Waals surface area contributed by atoms with Gasteiger partial charge in [0.05, 0.1) is 7.11 Å². The highest BCUT2D eigenvalue weighted by molar-refractivity contribution is 5.98. The number of ether oxygens (including phenoxy) is 1. The molecule has 0 spiro atoms. The van der Waals surface area contributed by atoms with Crippen LogP contribution in [0.5, 0.6) is 5.75 Å². The van der Waals surface area contributed by atoms with Crippen LogP contribution in [0.25, 0.3) is 10.9 Å². The minimum atomic E-state index is -0.318. The second kappa shape index (κ2) is 7.35. The summed E-state index contributed by atoms with van der Waals surface area (Å²) in [6.45, 7) is 1.60. The second-order valence-electron chi connectivity index (χ2n) is 6.82. The van der Waals surface area contributed by atoms with Crippen molar-refractivity contribution in [1.29, 1.82) is 0 Å². The number of hydrogen-bond acceptors (Lipinski definition) is 4. The molecule has 2 heterocycles. The van der Waals surface area contributed by atoms with Crippen LogP contribution in [0.15, 0.2) is 54.7 Å². The van der Waals surface area contributed by atoms with Crippen molar-refractivity contribution in [1.82, 2.24) is 4.98 Å². The van der Waals surface area contributed by atoms with E-state index in [9.17, 15) is 9.18 Å². The van der Waals surface area contributed by atoms with Crippen molar-refractivity contribution in [2.24, 2.45) is 5.92 Å². The Bertz CT molecular complexity index is 964. The summed E-state index contributed by atoms with van der Waals surface area (Å²) in [4.78, 5) is 19.4. The number of pyridine rings is 1. The van der Waals surface area contributed by atoms with E-state index in [4.69, 9.17) is 4.74 Å². The number of Topliss-reactive ketones (excluding diaryl/α,β-unsaturated/α-hetero) is 1. The van der Waals surface area contributed by atoms with E-state index >= 15 is 0 Å². The Morgan fingerprint density at radius 3 is 2.56 bits per heavy atom. The Morgan fingerprint density at radius 1 is 1.11 bits per heavy atom. The van der Waals surface area contributed by atoms with Gasteiger partial charge in [-0.15, -0.1) is 0 Å². The van der Waals surface area contributed by atoms with Gasteiger partial charge in [-0.1, -0.05) is 12.1 Å². The van der Waals surface area contributed by atoms with Gasteiger partial charge >= 0.3 is 0 Å². The number of carbonyl (C=O) groups is 1. The Balaban J connectivity index is 1.52. The number of halogens is 1. The third-order valence-electron chi connectivity index (χ3n) is 5.27. The third-order valence-corrected chi connectivity index (χ3v) is 5.27. The van der Waals surface area contributed by atoms with Crippen molar-refractivity contribution >= 4 is 22.4 Å². The van der Waals surface area contributed by atoms with E-state index in [0.717, 1.165) is 48.3 Å². The zero-order chi connectivity index (χ0) is 18.8. The summed E-state index contributed by atoms with van der Waals surface area (Å²) in [5.74, 6) is 0.530. The number of methoxy groups -OCH3 is 1. The Labute approximate surface area is 157 Å². The largest absolute Gasteiger partial charge is 0.494 e. The normalized spacial score (nSPS) is 15.1. The van der Waals surface area contributed by atoms with Crippen molar-refractivity contribution in [3.05, 3.63) is 66.1 Å². The summed E-state index contributed by atoms with van der Waals surface area (Å²) in [5, 5.41) is 1.06. The molecule has 0 radical (unpaired) electrons. The van der Waals surface area contributed by atoms with Crippen LogP contribution in [-0.2, 0) is 0 Å². The van der Waals surface area contributed by atoms with Crippen LogP contribution in [0.4, 0.5) is 10.1 Å². The van der Waals surface area contributed by atoms with Crippen molar-refractivity contribution in [3.8, 4) is 5.75 Å². The number of aromatic nitrogens is 1. The molecule has 1 aromatic heterocycles. The summed E-state index contributed by atoms with van der Waals surface area (Å²) in [6.07, 6.45) is 3.37. The highest BCUT2D eigenvalue weighted by Gasteiger charge is 2.26. The van der Waals surface area contributed by atoms with Gasteiger partial charge in [-0.25, -0.2) is 4.39 Å². The summed E-state index contributed by atoms with van der Waals surface area (Å²) in [7, 11) is 1.65. The predicted octanol–water partition coefficient (Wildman–Crippen LogP) is 4.48. The number of para-hydroxylation sites is 1. The summed E-state index contributed by atoms with van der Waals surface area (Å²) >= 11 is 0. The van der Waals surface area contributed by atoms with E-state index in [1.165, 1.54) is 12.1 Å². The lowest BCUT2D eigenvalue weighted by Crippen LogP contribution is -2.36. The third kappa shape index (κ3) is 3.37. The van der Waals surface area contributed by atoms with Crippen LogP contribution < -0.4 is 9.64 Å². The molecule has 0 saturated carbocycles. The Kier molecular flexibility index (Phi) is 4.75. The molecule has 1 fully saturated rings. The van der Waals surface area contributed by atoms with E-state index in [1.807, 2.05) is 18.2 Å². The SMILES string of the molecule is COc1cccc2c(N3CCC(C(=O)c4ccc(F)cc4)CC3)ccnc12. The minimum Gasteiger partial charge on any atom is -0.494 e. The molecule has 0 N–H and O–H groups in total. The van der Waals surface area contributed by atoms with Crippen LogP contribution in [-0.4, -0.2) is 31.0 Å². The number of benzene rings is 2. The van der Waals surface area contributed by atoms with Crippen LogP contribution in [0.2, 0.25) is 0 Å². The predicted molar refractivity (Wildman–Crippen MR) is 104 cm³/mol. The van der Waals surface area contributed by atoms with Gasteiger partial charge in [0.15, 0.2) is 5.78 Å². The summed E-state index contributed by atoms with van der Waals surface area (Å²) in [6, 6.07) is 13.8. The van der Waals surface area contributed by atoms with E-state index in [1.54, 1.807) is 25.4 Å². The van der Waals surface area contributed by atoms with E-state index < -0.39 is 0 Å². The maximum Gasteiger partial charge on any atom is 0.166 e. The molecule has 4 nitrogen and oxygen atoms in total. The molecule has 0 unspecified atom stereocenters. The number of carbonyl (C=O) groups excluding carboxylic acids is 1. The monoisotopic (exact) mass is 364 g/mol. The number of rotatable bonds is 4. The maximum atomic E-state index is 13.1. The fourth-order valence-corrected chi connectivity index (χ4v) is 3.81. The second-order valence-corrected chi connectivity index (χ2v) is 6.82. The van der Waals surface area contributed by atoms with E-state index in [0.29, 0.717) is 5.56 Å². The van der Waals surface area contributed by atoms with Gasteiger partial charge in [0.1, 0.15) is 17.1 Å². The fraction of sp³-hybridized carbons (Fsp3) is 0.273. The smallest absolute Gasteiger partial charge is 0.166 e. The molecule has 138 valence electrons. The molecule has 3 aromatic rings. The van der Waals surface area contributed by atoms with Gasteiger partial charge in [-0.05, 0) is 49.2 Å². The molecule has 2 aromatic carbocycles. The number of fused-ring (bicyclic) bond motifs is 1. The van der Waals surface area contributed by atoms with Crippen LogP contribution in [0.1, 0.15) is 23.2 Å². The average Bonchev–Trinajstić information content (AvgIpc) is 2.73. The maximum absolute atomic E-state index is 13.1. The van der Waals surface area contributed by atoms with Gasteiger partial charge < -0.3 is 9.64 Å². The van der Waals surface area contributed by atoms with E-state index in [2.05, 4.69) is 16.0 Å². The molecular weight excluding hydrogens is 343 g/mol. The lowest BCUT2D eigenvalue weighted by molar-refractivity contribution is 0.0900. The molecule has 0 atom stereocenters. The highest BCUT2D eigenvalue weighted by Crippen LogP contribution is 2.33. The quantitative estimate of drug-likeness (QED) is 0.640. The van der Waals surface area contributed by atoms with Gasteiger partial charge in [0.2, 0.25) is 0 Å². The number of ketones is 1. The van der Waals surface area contributed by atoms with Crippen LogP contribution in [0, 0.1) is 11.7 Å². The number of anilines is 1. The van der Waals surface area contributed by atoms with Crippen molar-refractivity contribution in [2.45, 2.75) is 12.8 Å². The van der Waals surface area contributed by atoms with Crippen LogP contribution >= 0.6 is 0 Å². The molecule has 5 heteroatoms. The number of nitrogens with zero attached hydrogens (tertiary/aromatic N) is 2. The molecule has 1 aliphatic heterocycles. The van der Waals surface area contributed by atoms with Gasteiger partial charge in [0.25, 0.3) is 0 Å². The first-order valence-electron chi connectivity index (χ1n) is 9.14. The highest BCUT2D eigenvalue weighted by atomic mass is 19.1. The average molecular weight is 364 g/mol. The lowest BCUT2D eigenvalue weighted by Gasteiger charge is -2.33. The van der Waals surface area contributed by atoms with E-state index in [-0.39, 0.29) is 17.5 Å². The molecule has 27 heavy (non-hydrogen) atoms. The number of piperidine rings is 1. The lowest BCUT2D eigenvalue weighted by atomic mass is 9.88. The zero-order valence-electron chi connectivity index (χ0n) is 15.2. The Morgan fingerprint density at radius 2 is 1.85 bits per heavy atom. The van der Waals surface area contributed by atoms with Crippen molar-refractivity contribution < 1.29 is 13.9 Å². The molecule has 1 saturated heterocycles. The van der Waals surface area contributed by atoms with Crippen molar-refractivity contribution in [3.63, 3.8) is 0 Å². The van der Waals surface area contributed by atoms with Crippen LogP contribution in [0.3, 0.4) is 0 Å². The van der Waals surface area contributed by atoms with Gasteiger partial charge in [0, 0.05) is 41.8 Å². The molecular formula is C22H21FN2O2. The topological polar surface area (TPSA) is 42.4 Å². The summed E-state index contributed by atoms with van der Waals surface area (Å²) in [5.41, 5.74) is 2.56. The van der Waals surface area contributed by atoms with Crippen molar-refractivity contribution in [2.75, 3.05) is 25.1 Å². The molecule has 0 bridgehead atoms. The van der Waals surface area contributed by atoms with Gasteiger partial charge in [-0.2, -0.15) is 0 Å². The molecule has 4 rings (SSSR count). The molecule has 0 aliphatic carbocycles. The first-order valence-corrected chi connectivity index (χ1v) is 9.14. The zero-order valence-corrected chi connectivity index (χ0v) is 15.2. The Hall–Kier alpha value is -2.95. The fourth-order valence-electron chi connectivity index (χ4n) is 3.81. The molecule has 0 amide bonds. The first-order chi connectivity index (χ1) is 13.2. The molecule has 1 aliphatic rings. The minimum absolute atomic E-state index is 0.0191. The number of hydrogen-bond donors (Lipinski definition) is 0.